The van der Waals surface area contributed by atoms with Crippen LogP contribution in [0.4, 0.5) is 0 Å². The highest BCUT2D eigenvalue weighted by Crippen LogP contribution is 2.42. The summed E-state index contributed by atoms with van der Waals surface area (Å²) < 4.78 is 0. The Bertz CT molecular complexity index is 905. The maximum Gasteiger partial charge on any atom is 0.0361 e. The Hall–Kier alpha value is -2.42. The van der Waals surface area contributed by atoms with Crippen molar-refractivity contribution in [3.8, 4) is 0 Å². The van der Waals surface area contributed by atoms with Gasteiger partial charge in [0.05, 0.1) is 0 Å². The molecule has 3 aliphatic heterocycles. The van der Waals surface area contributed by atoms with Crippen molar-refractivity contribution in [1.29, 1.82) is 0 Å². The quantitative estimate of drug-likeness (QED) is 0.602. The number of fused-ring (bicyclic) bond motifs is 3. The van der Waals surface area contributed by atoms with Crippen molar-refractivity contribution in [2.24, 2.45) is 5.92 Å². The van der Waals surface area contributed by atoms with Crippen LogP contribution in [0.15, 0.2) is 84.9 Å². The standard InChI is InChI=1S/C28H32N2/c1-21-10-8-9-15-25(21)20-29-27-24-16-18-30(19-17-24)28(27)26(22-11-4-2-5-12-22)23-13-6-3-7-14-23/h2-15,24,26-29H,16-20H2,1H3/t27-,28-/m1/s1. The van der Waals surface area contributed by atoms with Crippen molar-refractivity contribution < 1.29 is 0 Å². The van der Waals surface area contributed by atoms with Crippen LogP contribution >= 0.6 is 0 Å². The van der Waals surface area contributed by atoms with Crippen molar-refractivity contribution in [3.05, 3.63) is 107 Å². The third-order valence-electron chi connectivity index (χ3n) is 7.32. The zero-order valence-electron chi connectivity index (χ0n) is 17.9. The van der Waals surface area contributed by atoms with Gasteiger partial charge < -0.3 is 5.32 Å². The smallest absolute Gasteiger partial charge is 0.0361 e. The van der Waals surface area contributed by atoms with Gasteiger partial charge in [0, 0.05) is 24.5 Å². The van der Waals surface area contributed by atoms with Crippen LogP contribution in [0.5, 0.6) is 0 Å². The molecule has 3 heterocycles. The number of aryl methyl sites for hydroxylation is 1. The highest BCUT2D eigenvalue weighted by atomic mass is 15.2. The minimum atomic E-state index is 0.393. The molecule has 0 aromatic heterocycles. The Morgan fingerprint density at radius 3 is 1.97 bits per heavy atom. The largest absolute Gasteiger partial charge is 0.308 e. The average Bonchev–Trinajstić information content (AvgIpc) is 2.81. The Morgan fingerprint density at radius 1 is 0.800 bits per heavy atom. The van der Waals surface area contributed by atoms with Gasteiger partial charge in [0.1, 0.15) is 0 Å². The van der Waals surface area contributed by atoms with Gasteiger partial charge >= 0.3 is 0 Å². The molecule has 3 saturated heterocycles. The molecule has 154 valence electrons. The van der Waals surface area contributed by atoms with Crippen LogP contribution < -0.4 is 5.32 Å². The van der Waals surface area contributed by atoms with Crippen LogP contribution in [-0.4, -0.2) is 30.1 Å². The number of benzene rings is 3. The average molecular weight is 397 g/mol. The van der Waals surface area contributed by atoms with Gasteiger partial charge in [-0.3, -0.25) is 4.90 Å². The molecule has 2 bridgehead atoms. The van der Waals surface area contributed by atoms with Crippen LogP contribution in [-0.2, 0) is 6.54 Å². The van der Waals surface area contributed by atoms with Gasteiger partial charge in [0.15, 0.2) is 0 Å². The van der Waals surface area contributed by atoms with Crippen molar-refractivity contribution in [2.45, 2.75) is 44.3 Å². The van der Waals surface area contributed by atoms with E-state index in [4.69, 9.17) is 0 Å². The summed E-state index contributed by atoms with van der Waals surface area (Å²) in [7, 11) is 0. The molecular formula is C28H32N2. The van der Waals surface area contributed by atoms with Crippen LogP contribution in [0.1, 0.15) is 41.0 Å². The summed E-state index contributed by atoms with van der Waals surface area (Å²) in [5.74, 6) is 1.16. The highest BCUT2D eigenvalue weighted by Gasteiger charge is 2.46. The fourth-order valence-electron chi connectivity index (χ4n) is 5.73. The zero-order chi connectivity index (χ0) is 20.3. The minimum absolute atomic E-state index is 0.393. The number of hydrogen-bond acceptors (Lipinski definition) is 2. The second-order valence-corrected chi connectivity index (χ2v) is 9.00. The topological polar surface area (TPSA) is 15.3 Å². The Balaban J connectivity index is 1.50. The molecule has 2 heteroatoms. The molecule has 0 spiro atoms. The second-order valence-electron chi connectivity index (χ2n) is 9.00. The summed E-state index contributed by atoms with van der Waals surface area (Å²) in [6.45, 7) is 5.64. The van der Waals surface area contributed by atoms with E-state index in [9.17, 15) is 0 Å². The molecule has 0 aliphatic carbocycles. The second kappa shape index (κ2) is 8.75. The predicted octanol–water partition coefficient (Wildman–Crippen LogP) is 5.38. The molecule has 0 unspecified atom stereocenters. The van der Waals surface area contributed by atoms with E-state index in [0.29, 0.717) is 18.0 Å². The first kappa shape index (κ1) is 19.5. The van der Waals surface area contributed by atoms with Gasteiger partial charge in [0.2, 0.25) is 0 Å². The Morgan fingerprint density at radius 2 is 1.37 bits per heavy atom. The molecular weight excluding hydrogens is 364 g/mol. The van der Waals surface area contributed by atoms with E-state index < -0.39 is 0 Å². The minimum Gasteiger partial charge on any atom is -0.308 e. The molecule has 3 aromatic carbocycles. The van der Waals surface area contributed by atoms with Gasteiger partial charge in [-0.05, 0) is 61.0 Å². The summed E-state index contributed by atoms with van der Waals surface area (Å²) in [6, 6.07) is 32.1. The van der Waals surface area contributed by atoms with Gasteiger partial charge in [0.25, 0.3) is 0 Å². The Kier molecular flexibility index (Phi) is 5.70. The first-order valence-corrected chi connectivity index (χ1v) is 11.4. The lowest BCUT2D eigenvalue weighted by atomic mass is 9.70. The molecule has 3 aromatic rings. The van der Waals surface area contributed by atoms with Crippen molar-refractivity contribution >= 4 is 0 Å². The SMILES string of the molecule is Cc1ccccc1CN[C@@H]1C2CCN(CC2)[C@@H]1C(c1ccccc1)c1ccccc1. The summed E-state index contributed by atoms with van der Waals surface area (Å²) >= 11 is 0. The monoisotopic (exact) mass is 396 g/mol. The van der Waals surface area contributed by atoms with Crippen LogP contribution in [0.3, 0.4) is 0 Å². The normalized spacial score (nSPS) is 25.5. The van der Waals surface area contributed by atoms with Gasteiger partial charge in [-0.25, -0.2) is 0 Å². The van der Waals surface area contributed by atoms with Crippen LogP contribution in [0, 0.1) is 12.8 Å². The molecule has 2 atom stereocenters. The van der Waals surface area contributed by atoms with Gasteiger partial charge in [-0.1, -0.05) is 84.9 Å². The van der Waals surface area contributed by atoms with Crippen molar-refractivity contribution in [1.82, 2.24) is 10.2 Å². The van der Waals surface area contributed by atoms with E-state index in [0.717, 1.165) is 12.5 Å². The van der Waals surface area contributed by atoms with E-state index in [2.05, 4.69) is 102 Å². The third-order valence-corrected chi connectivity index (χ3v) is 7.32. The molecule has 6 rings (SSSR count). The zero-order valence-corrected chi connectivity index (χ0v) is 17.9. The van der Waals surface area contributed by atoms with Gasteiger partial charge in [-0.2, -0.15) is 0 Å². The van der Waals surface area contributed by atoms with Gasteiger partial charge in [-0.15, -0.1) is 0 Å². The molecule has 30 heavy (non-hydrogen) atoms. The fraction of sp³-hybridized carbons (Fsp3) is 0.357. The number of hydrogen-bond donors (Lipinski definition) is 1. The number of nitrogens with zero attached hydrogens (tertiary/aromatic N) is 1. The Labute approximate surface area is 180 Å². The molecule has 3 fully saturated rings. The van der Waals surface area contributed by atoms with Crippen molar-refractivity contribution in [2.75, 3.05) is 13.1 Å². The summed E-state index contributed by atoms with van der Waals surface area (Å²) in [6.07, 6.45) is 2.64. The highest BCUT2D eigenvalue weighted by molar-refractivity contribution is 5.36. The number of piperidine rings is 3. The lowest BCUT2D eigenvalue weighted by molar-refractivity contribution is 0.00466. The molecule has 3 aliphatic rings. The summed E-state index contributed by atoms with van der Waals surface area (Å²) in [4.78, 5) is 2.76. The first-order chi connectivity index (χ1) is 14.8. The summed E-state index contributed by atoms with van der Waals surface area (Å²) in [5, 5.41) is 4.04. The summed E-state index contributed by atoms with van der Waals surface area (Å²) in [5.41, 5.74) is 5.67. The molecule has 1 N–H and O–H groups in total. The fourth-order valence-corrected chi connectivity index (χ4v) is 5.73. The number of rotatable bonds is 6. The van der Waals surface area contributed by atoms with Crippen LogP contribution in [0.2, 0.25) is 0 Å². The predicted molar refractivity (Wildman–Crippen MR) is 125 cm³/mol. The van der Waals surface area contributed by atoms with E-state index in [1.54, 1.807) is 0 Å². The van der Waals surface area contributed by atoms with E-state index >= 15 is 0 Å². The molecule has 0 saturated carbocycles. The molecule has 2 nitrogen and oxygen atoms in total. The van der Waals surface area contributed by atoms with Crippen molar-refractivity contribution in [3.63, 3.8) is 0 Å². The first-order valence-electron chi connectivity index (χ1n) is 11.4. The van der Waals surface area contributed by atoms with E-state index in [1.807, 2.05) is 0 Å². The maximum atomic E-state index is 4.04. The van der Waals surface area contributed by atoms with E-state index in [-0.39, 0.29) is 0 Å². The number of nitrogens with one attached hydrogen (secondary N) is 1. The lowest BCUT2D eigenvalue weighted by Crippen LogP contribution is -2.64. The van der Waals surface area contributed by atoms with E-state index in [1.165, 1.54) is 48.2 Å². The van der Waals surface area contributed by atoms with Crippen LogP contribution in [0.25, 0.3) is 0 Å². The third kappa shape index (κ3) is 3.82. The lowest BCUT2D eigenvalue weighted by Gasteiger charge is -2.54. The molecule has 0 amide bonds. The molecule has 0 radical (unpaired) electrons. The maximum absolute atomic E-state index is 4.04.